The number of sulfonamides is 1. The van der Waals surface area contributed by atoms with Crippen LogP contribution < -0.4 is 5.32 Å². The van der Waals surface area contributed by atoms with Crippen LogP contribution >= 0.6 is 0 Å². The minimum atomic E-state index is -3.62. The molecule has 7 nitrogen and oxygen atoms in total. The Kier molecular flexibility index (Phi) is 7.55. The third-order valence-electron chi connectivity index (χ3n) is 6.10. The number of amides is 1. The molecule has 0 bridgehead atoms. The van der Waals surface area contributed by atoms with Crippen LogP contribution in [0.3, 0.4) is 0 Å². The first-order valence-electron chi connectivity index (χ1n) is 11.0. The van der Waals surface area contributed by atoms with Crippen LogP contribution in [-0.4, -0.2) is 67.4 Å². The molecular weight excluding hydrogens is 400 g/mol. The number of rotatable bonds is 9. The summed E-state index contributed by atoms with van der Waals surface area (Å²) in [6, 6.07) is 7.23. The third kappa shape index (κ3) is 4.87. The lowest BCUT2D eigenvalue weighted by Gasteiger charge is -2.31. The quantitative estimate of drug-likeness (QED) is 0.658. The molecule has 1 amide bonds. The van der Waals surface area contributed by atoms with E-state index >= 15 is 0 Å². The highest BCUT2D eigenvalue weighted by molar-refractivity contribution is 7.89. The summed E-state index contributed by atoms with van der Waals surface area (Å²) in [6.45, 7) is 11.1. The highest BCUT2D eigenvalue weighted by atomic mass is 32.2. The average Bonchev–Trinajstić information content (AvgIpc) is 3.19. The molecule has 0 unspecified atom stereocenters. The lowest BCUT2D eigenvalue weighted by atomic mass is 9.99. The molecule has 0 radical (unpaired) electrons. The predicted octanol–water partition coefficient (Wildman–Crippen LogP) is 2.52. The first kappa shape index (κ1) is 22.8. The van der Waals surface area contributed by atoms with Gasteiger partial charge in [-0.1, -0.05) is 13.8 Å². The number of carbonyl (C=O) groups excluding carboxylic acids is 1. The van der Waals surface area contributed by atoms with E-state index in [1.807, 2.05) is 18.3 Å². The molecule has 1 N–H and O–H groups in total. The number of aromatic nitrogens is 1. The van der Waals surface area contributed by atoms with E-state index in [0.717, 1.165) is 43.5 Å². The van der Waals surface area contributed by atoms with E-state index in [4.69, 9.17) is 0 Å². The molecule has 0 aliphatic carbocycles. The van der Waals surface area contributed by atoms with Gasteiger partial charge >= 0.3 is 0 Å². The largest absolute Gasteiger partial charge is 0.355 e. The van der Waals surface area contributed by atoms with Crippen LogP contribution in [0.5, 0.6) is 0 Å². The first-order valence-corrected chi connectivity index (χ1v) is 12.4. The zero-order valence-electron chi connectivity index (χ0n) is 18.3. The highest BCUT2D eigenvalue weighted by Gasteiger charge is 2.33. The van der Waals surface area contributed by atoms with Crippen molar-refractivity contribution in [2.45, 2.75) is 45.1 Å². The van der Waals surface area contributed by atoms with Crippen molar-refractivity contribution >= 4 is 26.8 Å². The van der Waals surface area contributed by atoms with Crippen molar-refractivity contribution < 1.29 is 13.2 Å². The minimum absolute atomic E-state index is 0.0440. The number of hydrogen-bond acceptors (Lipinski definition) is 4. The Hall–Kier alpha value is -1.90. The van der Waals surface area contributed by atoms with Crippen molar-refractivity contribution in [3.8, 4) is 0 Å². The molecule has 1 aliphatic rings. The summed E-state index contributed by atoms with van der Waals surface area (Å²) in [6.07, 6.45) is 3.39. The number of hydrogen-bond donors (Lipinski definition) is 1. The van der Waals surface area contributed by atoms with Crippen molar-refractivity contribution in [1.29, 1.82) is 0 Å². The summed E-state index contributed by atoms with van der Waals surface area (Å²) in [7, 11) is -3.62. The smallest absolute Gasteiger partial charge is 0.243 e. The fourth-order valence-electron chi connectivity index (χ4n) is 4.16. The molecule has 0 saturated carbocycles. The van der Waals surface area contributed by atoms with Gasteiger partial charge in [0, 0.05) is 49.8 Å². The summed E-state index contributed by atoms with van der Waals surface area (Å²) in [5, 5.41) is 3.91. The molecule has 1 aromatic heterocycles. The van der Waals surface area contributed by atoms with E-state index in [9.17, 15) is 13.2 Å². The predicted molar refractivity (Wildman–Crippen MR) is 120 cm³/mol. The van der Waals surface area contributed by atoms with Crippen LogP contribution in [0.2, 0.25) is 0 Å². The van der Waals surface area contributed by atoms with Crippen LogP contribution in [0.25, 0.3) is 10.9 Å². The fraction of sp³-hybridized carbons (Fsp3) is 0.591. The van der Waals surface area contributed by atoms with Crippen LogP contribution in [-0.2, 0) is 21.4 Å². The first-order chi connectivity index (χ1) is 14.4. The van der Waals surface area contributed by atoms with Gasteiger partial charge in [-0.3, -0.25) is 4.79 Å². The fourth-order valence-corrected chi connectivity index (χ4v) is 5.72. The number of fused-ring (bicyclic) bond motifs is 1. The SMILES string of the molecule is CCN(CC)CCNC(=O)[C@@H]1CCCN(S(=O)(=O)c2ccc3c(ccn3CC)c2)C1. The van der Waals surface area contributed by atoms with Crippen molar-refractivity contribution in [2.75, 3.05) is 39.3 Å². The Morgan fingerprint density at radius 2 is 1.97 bits per heavy atom. The Balaban J connectivity index is 1.67. The Bertz CT molecular complexity index is 966. The molecule has 1 aromatic carbocycles. The molecule has 3 rings (SSSR count). The van der Waals surface area contributed by atoms with Gasteiger partial charge in [-0.2, -0.15) is 4.31 Å². The summed E-state index contributed by atoms with van der Waals surface area (Å²) >= 11 is 0. The van der Waals surface area contributed by atoms with E-state index in [2.05, 4.69) is 35.6 Å². The van der Waals surface area contributed by atoms with Gasteiger partial charge in [0.15, 0.2) is 0 Å². The van der Waals surface area contributed by atoms with Gasteiger partial charge in [0.25, 0.3) is 0 Å². The Morgan fingerprint density at radius 3 is 2.67 bits per heavy atom. The van der Waals surface area contributed by atoms with Crippen molar-refractivity contribution in [3.63, 3.8) is 0 Å². The van der Waals surface area contributed by atoms with Gasteiger partial charge in [0.1, 0.15) is 0 Å². The van der Waals surface area contributed by atoms with E-state index in [1.165, 1.54) is 4.31 Å². The van der Waals surface area contributed by atoms with Crippen molar-refractivity contribution in [1.82, 2.24) is 19.1 Å². The standard InChI is InChI=1S/C22H34N4O3S/c1-4-24(5-2)15-12-23-22(27)19-8-7-13-26(17-19)30(28,29)20-9-10-21-18(16-20)11-14-25(21)6-3/h9-11,14,16,19H,4-8,12-13,15,17H2,1-3H3,(H,23,27)/t19-/m1/s1. The maximum Gasteiger partial charge on any atom is 0.243 e. The number of carbonyl (C=O) groups is 1. The van der Waals surface area contributed by atoms with Gasteiger partial charge in [-0.05, 0) is 57.1 Å². The summed E-state index contributed by atoms with van der Waals surface area (Å²) < 4.78 is 30.0. The Labute approximate surface area is 180 Å². The van der Waals surface area contributed by atoms with Gasteiger partial charge in [-0.25, -0.2) is 8.42 Å². The molecular formula is C22H34N4O3S. The lowest BCUT2D eigenvalue weighted by Crippen LogP contribution is -2.46. The number of aryl methyl sites for hydroxylation is 1. The van der Waals surface area contributed by atoms with Crippen LogP contribution in [0.4, 0.5) is 0 Å². The van der Waals surface area contributed by atoms with Crippen LogP contribution in [0.15, 0.2) is 35.4 Å². The maximum absolute atomic E-state index is 13.2. The molecule has 166 valence electrons. The van der Waals surface area contributed by atoms with Crippen molar-refractivity contribution in [2.24, 2.45) is 5.92 Å². The molecule has 30 heavy (non-hydrogen) atoms. The van der Waals surface area contributed by atoms with E-state index in [1.54, 1.807) is 12.1 Å². The molecule has 1 saturated heterocycles. The number of piperidine rings is 1. The topological polar surface area (TPSA) is 74.7 Å². The van der Waals surface area contributed by atoms with Gasteiger partial charge in [0.2, 0.25) is 15.9 Å². The monoisotopic (exact) mass is 434 g/mol. The number of nitrogens with zero attached hydrogens (tertiary/aromatic N) is 3. The second-order valence-electron chi connectivity index (χ2n) is 7.84. The van der Waals surface area contributed by atoms with Crippen LogP contribution in [0.1, 0.15) is 33.6 Å². The van der Waals surface area contributed by atoms with E-state index < -0.39 is 10.0 Å². The molecule has 8 heteroatoms. The summed E-state index contributed by atoms with van der Waals surface area (Å²) in [4.78, 5) is 15.2. The summed E-state index contributed by atoms with van der Waals surface area (Å²) in [5.41, 5.74) is 1.03. The molecule has 1 atom stereocenters. The second kappa shape index (κ2) is 9.94. The Morgan fingerprint density at radius 1 is 1.20 bits per heavy atom. The molecule has 1 aliphatic heterocycles. The van der Waals surface area contributed by atoms with Gasteiger partial charge < -0.3 is 14.8 Å². The second-order valence-corrected chi connectivity index (χ2v) is 9.78. The van der Waals surface area contributed by atoms with Gasteiger partial charge in [0.05, 0.1) is 10.8 Å². The number of likely N-dealkylation sites (N-methyl/N-ethyl adjacent to an activating group) is 1. The van der Waals surface area contributed by atoms with E-state index in [-0.39, 0.29) is 18.4 Å². The molecule has 0 spiro atoms. The van der Waals surface area contributed by atoms with Crippen LogP contribution in [0, 0.1) is 5.92 Å². The van der Waals surface area contributed by atoms with E-state index in [0.29, 0.717) is 24.4 Å². The maximum atomic E-state index is 13.2. The lowest BCUT2D eigenvalue weighted by molar-refractivity contribution is -0.126. The normalized spacial score (nSPS) is 18.2. The highest BCUT2D eigenvalue weighted by Crippen LogP contribution is 2.27. The number of benzene rings is 1. The van der Waals surface area contributed by atoms with Gasteiger partial charge in [-0.15, -0.1) is 0 Å². The number of nitrogens with one attached hydrogen (secondary N) is 1. The third-order valence-corrected chi connectivity index (χ3v) is 7.96. The molecule has 1 fully saturated rings. The summed E-state index contributed by atoms with van der Waals surface area (Å²) in [5.74, 6) is -0.340. The minimum Gasteiger partial charge on any atom is -0.355 e. The average molecular weight is 435 g/mol. The zero-order valence-corrected chi connectivity index (χ0v) is 19.1. The van der Waals surface area contributed by atoms with Crippen molar-refractivity contribution in [3.05, 3.63) is 30.5 Å². The zero-order chi connectivity index (χ0) is 21.7. The molecule has 2 aromatic rings. The molecule has 2 heterocycles.